The molecule has 0 fully saturated rings. The Kier molecular flexibility index (Phi) is 5.98. The molecule has 2 aromatic carbocycles. The van der Waals surface area contributed by atoms with Crippen LogP contribution >= 0.6 is 0 Å². The summed E-state index contributed by atoms with van der Waals surface area (Å²) in [6.07, 6.45) is 0.0286. The lowest BCUT2D eigenvalue weighted by molar-refractivity contribution is -0.129. The number of carbonyl (C=O) groups excluding carboxylic acids is 2. The van der Waals surface area contributed by atoms with Gasteiger partial charge in [-0.15, -0.1) is 0 Å². The molecule has 1 aromatic heterocycles. The van der Waals surface area contributed by atoms with E-state index in [0.29, 0.717) is 22.6 Å². The minimum absolute atomic E-state index is 0.410. The average molecular weight is 378 g/mol. The van der Waals surface area contributed by atoms with Gasteiger partial charge in [-0.05, 0) is 29.8 Å². The molecule has 3 rings (SSSR count). The third-order valence-corrected chi connectivity index (χ3v) is 3.95. The minimum Gasteiger partial charge on any atom is -0.465 e. The molecular formula is C21H18N2O5. The van der Waals surface area contributed by atoms with Gasteiger partial charge in [-0.25, -0.2) is 10.2 Å². The van der Waals surface area contributed by atoms with Gasteiger partial charge in [-0.2, -0.15) is 5.10 Å². The van der Waals surface area contributed by atoms with Crippen LogP contribution in [0.5, 0.6) is 0 Å². The fourth-order valence-corrected chi connectivity index (χ4v) is 2.47. The zero-order valence-electron chi connectivity index (χ0n) is 15.0. The fourth-order valence-electron chi connectivity index (χ4n) is 2.47. The number of nitrogens with one attached hydrogen (secondary N) is 1. The quantitative estimate of drug-likeness (QED) is 0.390. The van der Waals surface area contributed by atoms with Gasteiger partial charge in [0.05, 0.1) is 18.9 Å². The largest absolute Gasteiger partial charge is 0.465 e. The highest BCUT2D eigenvalue weighted by Gasteiger charge is 2.16. The molecule has 7 nitrogen and oxygen atoms in total. The summed E-state index contributed by atoms with van der Waals surface area (Å²) in [7, 11) is 1.33. The lowest BCUT2D eigenvalue weighted by Crippen LogP contribution is -2.25. The molecule has 28 heavy (non-hydrogen) atoms. The first kappa shape index (κ1) is 19.1. The summed E-state index contributed by atoms with van der Waals surface area (Å²) in [5.74, 6) is -0.0602. The van der Waals surface area contributed by atoms with Crippen LogP contribution in [0.25, 0.3) is 11.3 Å². The highest BCUT2D eigenvalue weighted by atomic mass is 16.5. The van der Waals surface area contributed by atoms with Crippen LogP contribution in [0.2, 0.25) is 0 Å². The molecule has 0 spiro atoms. The summed E-state index contributed by atoms with van der Waals surface area (Å²) in [6, 6.07) is 18.8. The van der Waals surface area contributed by atoms with Gasteiger partial charge in [-0.1, -0.05) is 42.5 Å². The molecule has 0 unspecified atom stereocenters. The summed E-state index contributed by atoms with van der Waals surface area (Å²) < 4.78 is 10.3. The molecule has 0 aliphatic carbocycles. The Morgan fingerprint density at radius 1 is 1.07 bits per heavy atom. The van der Waals surface area contributed by atoms with Gasteiger partial charge in [0.15, 0.2) is 6.10 Å². The highest BCUT2D eigenvalue weighted by molar-refractivity contribution is 5.90. The Bertz CT molecular complexity index is 978. The van der Waals surface area contributed by atoms with Crippen molar-refractivity contribution in [1.82, 2.24) is 5.43 Å². The van der Waals surface area contributed by atoms with E-state index in [4.69, 9.17) is 4.42 Å². The molecular weight excluding hydrogens is 360 g/mol. The van der Waals surface area contributed by atoms with Gasteiger partial charge in [0.1, 0.15) is 11.5 Å². The first-order valence-electron chi connectivity index (χ1n) is 8.43. The molecule has 1 atom stereocenters. The van der Waals surface area contributed by atoms with Crippen LogP contribution in [0.1, 0.15) is 27.8 Å². The maximum atomic E-state index is 11.9. The number of aliphatic hydroxyl groups is 1. The molecule has 0 aliphatic rings. The predicted molar refractivity (Wildman–Crippen MR) is 103 cm³/mol. The number of benzene rings is 2. The van der Waals surface area contributed by atoms with E-state index in [-0.39, 0.29) is 0 Å². The minimum atomic E-state index is -1.31. The SMILES string of the molecule is COC(=O)c1ccc(-c2ccc(/C=N\NC(=O)[C@@H](O)c3ccccc3)o2)cc1. The van der Waals surface area contributed by atoms with E-state index in [1.807, 2.05) is 0 Å². The number of nitrogens with zero attached hydrogens (tertiary/aromatic N) is 1. The Morgan fingerprint density at radius 2 is 1.79 bits per heavy atom. The first-order valence-corrected chi connectivity index (χ1v) is 8.43. The molecule has 0 aliphatic heterocycles. The number of rotatable bonds is 6. The van der Waals surface area contributed by atoms with Crippen molar-refractivity contribution in [3.63, 3.8) is 0 Å². The van der Waals surface area contributed by atoms with E-state index in [2.05, 4.69) is 15.3 Å². The Labute approximate surface area is 161 Å². The van der Waals surface area contributed by atoms with Gasteiger partial charge >= 0.3 is 5.97 Å². The number of ether oxygens (including phenoxy) is 1. The molecule has 1 heterocycles. The summed E-state index contributed by atoms with van der Waals surface area (Å²) >= 11 is 0. The van der Waals surface area contributed by atoms with Crippen LogP contribution in [0.4, 0.5) is 0 Å². The van der Waals surface area contributed by atoms with Gasteiger partial charge in [0, 0.05) is 5.56 Å². The van der Waals surface area contributed by atoms with Crippen molar-refractivity contribution < 1.29 is 23.8 Å². The summed E-state index contributed by atoms with van der Waals surface area (Å²) in [5, 5.41) is 13.8. The average Bonchev–Trinajstić information content (AvgIpc) is 3.22. The Balaban J connectivity index is 1.61. The monoisotopic (exact) mass is 378 g/mol. The van der Waals surface area contributed by atoms with Crippen molar-refractivity contribution in [1.29, 1.82) is 0 Å². The van der Waals surface area contributed by atoms with E-state index in [9.17, 15) is 14.7 Å². The summed E-state index contributed by atoms with van der Waals surface area (Å²) in [6.45, 7) is 0. The second kappa shape index (κ2) is 8.79. The van der Waals surface area contributed by atoms with Crippen LogP contribution < -0.4 is 5.43 Å². The highest BCUT2D eigenvalue weighted by Crippen LogP contribution is 2.22. The van der Waals surface area contributed by atoms with Crippen molar-refractivity contribution in [3.8, 4) is 11.3 Å². The summed E-state index contributed by atoms with van der Waals surface area (Å²) in [5.41, 5.74) is 3.97. The second-order valence-corrected chi connectivity index (χ2v) is 5.82. The van der Waals surface area contributed by atoms with Crippen LogP contribution in [0.3, 0.4) is 0 Å². The zero-order chi connectivity index (χ0) is 19.9. The number of hydrogen-bond acceptors (Lipinski definition) is 6. The fraction of sp³-hybridized carbons (Fsp3) is 0.0952. The van der Waals surface area contributed by atoms with E-state index in [0.717, 1.165) is 5.56 Å². The third-order valence-electron chi connectivity index (χ3n) is 3.95. The standard InChI is InChI=1S/C21H18N2O5/c1-27-21(26)16-9-7-14(8-10-16)18-12-11-17(28-18)13-22-23-20(25)19(24)15-5-3-2-4-6-15/h2-13,19,24H,1H3,(H,23,25)/b22-13-/t19-/m0/s1. The van der Waals surface area contributed by atoms with Crippen molar-refractivity contribution in [2.75, 3.05) is 7.11 Å². The molecule has 2 N–H and O–H groups in total. The smallest absolute Gasteiger partial charge is 0.337 e. The molecule has 142 valence electrons. The molecule has 1 amide bonds. The van der Waals surface area contributed by atoms with E-state index in [1.165, 1.54) is 13.3 Å². The number of hydrogen-bond donors (Lipinski definition) is 2. The van der Waals surface area contributed by atoms with Gasteiger partial charge < -0.3 is 14.3 Å². The van der Waals surface area contributed by atoms with Gasteiger partial charge in [0.25, 0.3) is 5.91 Å². The second-order valence-electron chi connectivity index (χ2n) is 5.82. The normalized spacial score (nSPS) is 11.9. The predicted octanol–water partition coefficient (Wildman–Crippen LogP) is 2.92. The maximum absolute atomic E-state index is 11.9. The maximum Gasteiger partial charge on any atom is 0.337 e. The Morgan fingerprint density at radius 3 is 2.46 bits per heavy atom. The van der Waals surface area contributed by atoms with Crippen LogP contribution in [0, 0.1) is 0 Å². The molecule has 0 bridgehead atoms. The zero-order valence-corrected chi connectivity index (χ0v) is 15.0. The van der Waals surface area contributed by atoms with E-state index >= 15 is 0 Å². The number of hydrazone groups is 1. The molecule has 0 radical (unpaired) electrons. The van der Waals surface area contributed by atoms with Crippen molar-refractivity contribution in [2.24, 2.45) is 5.10 Å². The third kappa shape index (κ3) is 4.52. The van der Waals surface area contributed by atoms with Crippen LogP contribution in [0.15, 0.2) is 76.2 Å². The molecule has 3 aromatic rings. The van der Waals surface area contributed by atoms with Crippen LogP contribution in [-0.4, -0.2) is 30.3 Å². The first-order chi connectivity index (χ1) is 13.6. The number of amides is 1. The van der Waals surface area contributed by atoms with E-state index in [1.54, 1.807) is 66.7 Å². The topological polar surface area (TPSA) is 101 Å². The molecule has 0 saturated heterocycles. The lowest BCUT2D eigenvalue weighted by Gasteiger charge is -2.08. The Hall–Kier alpha value is -3.71. The molecule has 7 heteroatoms. The molecule has 0 saturated carbocycles. The van der Waals surface area contributed by atoms with Crippen LogP contribution in [-0.2, 0) is 9.53 Å². The van der Waals surface area contributed by atoms with Crippen molar-refractivity contribution in [3.05, 3.63) is 83.6 Å². The number of carbonyl (C=O) groups is 2. The summed E-state index contributed by atoms with van der Waals surface area (Å²) in [4.78, 5) is 23.4. The number of aliphatic hydroxyl groups excluding tert-OH is 1. The van der Waals surface area contributed by atoms with Crippen molar-refractivity contribution in [2.45, 2.75) is 6.10 Å². The lowest BCUT2D eigenvalue weighted by atomic mass is 10.1. The van der Waals surface area contributed by atoms with Gasteiger partial charge in [0.2, 0.25) is 0 Å². The van der Waals surface area contributed by atoms with Gasteiger partial charge in [-0.3, -0.25) is 4.79 Å². The number of esters is 1. The number of furan rings is 1. The number of methoxy groups -OCH3 is 1. The van der Waals surface area contributed by atoms with E-state index < -0.39 is 18.0 Å². The van der Waals surface area contributed by atoms with Crippen molar-refractivity contribution >= 4 is 18.1 Å².